The van der Waals surface area contributed by atoms with E-state index >= 15 is 0 Å². The molecule has 41 heavy (non-hydrogen) atoms. The van der Waals surface area contributed by atoms with Crippen LogP contribution in [0.25, 0.3) is 11.1 Å². The zero-order chi connectivity index (χ0) is 29.1. The van der Waals surface area contributed by atoms with Gasteiger partial charge in [0.25, 0.3) is 11.8 Å². The molecule has 1 aliphatic rings. The average molecular weight is 569 g/mol. The van der Waals surface area contributed by atoms with E-state index in [0.29, 0.717) is 44.2 Å². The van der Waals surface area contributed by atoms with Crippen LogP contribution < -0.4 is 10.6 Å². The van der Waals surface area contributed by atoms with Crippen molar-refractivity contribution in [3.05, 3.63) is 118 Å². The maximum absolute atomic E-state index is 13.9. The Morgan fingerprint density at radius 3 is 2.46 bits per heavy atom. The molecule has 206 valence electrons. The Kier molecular flexibility index (Phi) is 7.80. The number of hydrogen-bond acceptors (Lipinski definition) is 5. The van der Waals surface area contributed by atoms with Crippen LogP contribution in [0.1, 0.15) is 42.3 Å². The van der Waals surface area contributed by atoms with Gasteiger partial charge in [-0.1, -0.05) is 35.9 Å². The van der Waals surface area contributed by atoms with Gasteiger partial charge in [-0.15, -0.1) is 0 Å². The summed E-state index contributed by atoms with van der Waals surface area (Å²) in [6, 6.07) is 20.5. The fourth-order valence-corrected chi connectivity index (χ4v) is 4.99. The van der Waals surface area contributed by atoms with Gasteiger partial charge in [0.2, 0.25) is 5.91 Å². The Hall–Kier alpha value is -5.02. The first-order chi connectivity index (χ1) is 19.7. The Morgan fingerprint density at radius 2 is 1.78 bits per heavy atom. The molecule has 4 aromatic rings. The number of carbonyl (C=O) groups excluding carboxylic acids is 3. The van der Waals surface area contributed by atoms with Crippen LogP contribution in [0.3, 0.4) is 0 Å². The summed E-state index contributed by atoms with van der Waals surface area (Å²) >= 11 is 6.15. The summed E-state index contributed by atoms with van der Waals surface area (Å²) in [4.78, 5) is 57.3. The second-order valence-electron chi connectivity index (χ2n) is 9.49. The molecule has 0 saturated carbocycles. The Morgan fingerprint density at radius 1 is 1.00 bits per heavy atom. The molecule has 0 bridgehead atoms. The Bertz CT molecular complexity index is 1660. The second-order valence-corrected chi connectivity index (χ2v) is 9.93. The molecule has 1 atom stereocenters. The van der Waals surface area contributed by atoms with Gasteiger partial charge in [-0.05, 0) is 71.3 Å². The zero-order valence-electron chi connectivity index (χ0n) is 21.9. The van der Waals surface area contributed by atoms with E-state index in [0.717, 1.165) is 0 Å². The third kappa shape index (κ3) is 5.80. The van der Waals surface area contributed by atoms with Gasteiger partial charge in [0.15, 0.2) is 0 Å². The minimum atomic E-state index is -1.12. The van der Waals surface area contributed by atoms with E-state index in [4.69, 9.17) is 11.6 Å². The highest BCUT2D eigenvalue weighted by molar-refractivity contribution is 6.31. The van der Waals surface area contributed by atoms with E-state index in [1.165, 1.54) is 24.1 Å². The number of carbonyl (C=O) groups is 4. The van der Waals surface area contributed by atoms with Gasteiger partial charge in [0, 0.05) is 42.5 Å². The maximum Gasteiger partial charge on any atom is 0.336 e. The first-order valence-corrected chi connectivity index (χ1v) is 13.1. The van der Waals surface area contributed by atoms with Crippen molar-refractivity contribution in [2.45, 2.75) is 19.0 Å². The van der Waals surface area contributed by atoms with E-state index in [1.807, 2.05) is 6.07 Å². The van der Waals surface area contributed by atoms with Crippen LogP contribution >= 0.6 is 11.6 Å². The summed E-state index contributed by atoms with van der Waals surface area (Å²) in [5.74, 6) is -2.15. The van der Waals surface area contributed by atoms with Crippen LogP contribution in [-0.4, -0.2) is 51.8 Å². The Balaban J connectivity index is 1.56. The number of rotatable bonds is 7. The van der Waals surface area contributed by atoms with Crippen LogP contribution in [0.5, 0.6) is 0 Å². The lowest BCUT2D eigenvalue weighted by Crippen LogP contribution is -2.46. The molecule has 0 spiro atoms. The van der Waals surface area contributed by atoms with Crippen molar-refractivity contribution >= 4 is 41.0 Å². The molecule has 3 amide bonds. The molecule has 0 fully saturated rings. The lowest BCUT2D eigenvalue weighted by atomic mass is 9.95. The van der Waals surface area contributed by atoms with Crippen molar-refractivity contribution in [1.82, 2.24) is 15.2 Å². The van der Waals surface area contributed by atoms with E-state index in [1.54, 1.807) is 66.9 Å². The van der Waals surface area contributed by atoms with Gasteiger partial charge in [0.05, 0.1) is 16.8 Å². The first-order valence-electron chi connectivity index (χ1n) is 12.7. The number of pyridine rings is 1. The number of carboxylic acids is 1. The van der Waals surface area contributed by atoms with Crippen LogP contribution in [0, 0.1) is 0 Å². The van der Waals surface area contributed by atoms with Crippen LogP contribution in [0.15, 0.2) is 85.1 Å². The standard InChI is InChI=1S/C31H25ClN4O5/c1-33-28(37)20-8-6-19(7-9-20)25-14-18(5-11-23(25)31(40)41)17-36-27(16-22-4-2-3-13-34-22)29(38)35-26-15-21(32)10-12-24(26)30(36)39/h2-15,27H,16-17H2,1H3,(H,33,37)(H,35,38)(H,40,41)/t27-/m1/s1. The van der Waals surface area contributed by atoms with E-state index in [-0.39, 0.29) is 30.3 Å². The number of halogens is 1. The highest BCUT2D eigenvalue weighted by Gasteiger charge is 2.36. The van der Waals surface area contributed by atoms with E-state index < -0.39 is 17.9 Å². The zero-order valence-corrected chi connectivity index (χ0v) is 22.7. The number of hydrogen-bond donors (Lipinski definition) is 3. The minimum Gasteiger partial charge on any atom is -0.478 e. The van der Waals surface area contributed by atoms with Crippen molar-refractivity contribution in [2.24, 2.45) is 0 Å². The van der Waals surface area contributed by atoms with Crippen LogP contribution in [0.2, 0.25) is 5.02 Å². The fourth-order valence-electron chi connectivity index (χ4n) is 4.82. The first kappa shape index (κ1) is 27.5. The summed E-state index contributed by atoms with van der Waals surface area (Å²) in [6.07, 6.45) is 1.79. The maximum atomic E-state index is 13.9. The van der Waals surface area contributed by atoms with Gasteiger partial charge in [0.1, 0.15) is 6.04 Å². The van der Waals surface area contributed by atoms with Gasteiger partial charge < -0.3 is 20.6 Å². The number of nitrogens with zero attached hydrogens (tertiary/aromatic N) is 2. The normalized spacial score (nSPS) is 14.6. The van der Waals surface area contributed by atoms with Crippen LogP contribution in [-0.2, 0) is 17.8 Å². The number of benzene rings is 3. The molecular formula is C31H25ClN4O5. The van der Waals surface area contributed by atoms with Crippen molar-refractivity contribution in [3.8, 4) is 11.1 Å². The molecule has 3 aromatic carbocycles. The molecule has 9 nitrogen and oxygen atoms in total. The average Bonchev–Trinajstić information content (AvgIpc) is 3.07. The van der Waals surface area contributed by atoms with E-state index in [2.05, 4.69) is 15.6 Å². The molecule has 1 aromatic heterocycles. The third-order valence-electron chi connectivity index (χ3n) is 6.89. The lowest BCUT2D eigenvalue weighted by molar-refractivity contribution is -0.120. The largest absolute Gasteiger partial charge is 0.478 e. The van der Waals surface area contributed by atoms with Crippen molar-refractivity contribution in [3.63, 3.8) is 0 Å². The SMILES string of the molecule is CNC(=O)c1ccc(-c2cc(CN3C(=O)c4ccc(Cl)cc4NC(=O)[C@H]3Cc3ccccn3)ccc2C(=O)O)cc1. The van der Waals surface area contributed by atoms with Crippen molar-refractivity contribution < 1.29 is 24.3 Å². The fraction of sp³-hybridized carbons (Fsp3) is 0.129. The summed E-state index contributed by atoms with van der Waals surface area (Å²) in [5, 5.41) is 15.6. The van der Waals surface area contributed by atoms with E-state index in [9.17, 15) is 24.3 Å². The number of amides is 3. The summed E-state index contributed by atoms with van der Waals surface area (Å²) in [6.45, 7) is 0.0229. The smallest absolute Gasteiger partial charge is 0.336 e. The van der Waals surface area contributed by atoms with Crippen molar-refractivity contribution in [2.75, 3.05) is 12.4 Å². The molecule has 10 heteroatoms. The molecule has 0 aliphatic carbocycles. The number of aromatic carboxylic acids is 1. The van der Waals surface area contributed by atoms with Crippen molar-refractivity contribution in [1.29, 1.82) is 0 Å². The third-order valence-corrected chi connectivity index (χ3v) is 7.13. The van der Waals surface area contributed by atoms with Gasteiger partial charge in [-0.25, -0.2) is 4.79 Å². The quantitative estimate of drug-likeness (QED) is 0.297. The highest BCUT2D eigenvalue weighted by Crippen LogP contribution is 2.31. The molecular weight excluding hydrogens is 544 g/mol. The topological polar surface area (TPSA) is 129 Å². The predicted octanol–water partition coefficient (Wildman–Crippen LogP) is 4.67. The number of aromatic nitrogens is 1. The number of fused-ring (bicyclic) bond motifs is 1. The number of anilines is 1. The van der Waals surface area contributed by atoms with Gasteiger partial charge >= 0.3 is 5.97 Å². The monoisotopic (exact) mass is 568 g/mol. The molecule has 0 unspecified atom stereocenters. The predicted molar refractivity (Wildman–Crippen MR) is 154 cm³/mol. The van der Waals surface area contributed by atoms with Gasteiger partial charge in [-0.2, -0.15) is 0 Å². The minimum absolute atomic E-state index is 0.0229. The molecule has 3 N–H and O–H groups in total. The Labute approximate surface area is 240 Å². The molecule has 2 heterocycles. The molecule has 5 rings (SSSR count). The molecule has 0 radical (unpaired) electrons. The summed E-state index contributed by atoms with van der Waals surface area (Å²) in [5.41, 5.74) is 3.35. The number of carboxylic acid groups (broad SMARTS) is 1. The molecule has 1 aliphatic heterocycles. The van der Waals surface area contributed by atoms with Crippen LogP contribution in [0.4, 0.5) is 5.69 Å². The number of nitrogens with one attached hydrogen (secondary N) is 2. The highest BCUT2D eigenvalue weighted by atomic mass is 35.5. The summed E-state index contributed by atoms with van der Waals surface area (Å²) in [7, 11) is 1.53. The summed E-state index contributed by atoms with van der Waals surface area (Å²) < 4.78 is 0. The molecule has 0 saturated heterocycles. The second kappa shape index (κ2) is 11.6. The van der Waals surface area contributed by atoms with Gasteiger partial charge in [-0.3, -0.25) is 19.4 Å². The lowest BCUT2D eigenvalue weighted by Gasteiger charge is -2.29.